The quantitative estimate of drug-likeness (QED) is 0.312. The van der Waals surface area contributed by atoms with Crippen LogP contribution in [0.1, 0.15) is 37.7 Å². The van der Waals surface area contributed by atoms with Gasteiger partial charge in [-0.1, -0.05) is 31.4 Å². The molecule has 0 heterocycles. The average Bonchev–Trinajstić information content (AvgIpc) is 2.54. The number of rotatable bonds is 6. The molecule has 0 aliphatic heterocycles. The lowest BCUT2D eigenvalue weighted by atomic mass is 9.69. The molecule has 1 saturated carbocycles. The van der Waals surface area contributed by atoms with E-state index < -0.39 is 0 Å². The topological polar surface area (TPSA) is 59.6 Å². The van der Waals surface area contributed by atoms with Crippen molar-refractivity contribution in [2.75, 3.05) is 26.8 Å². The molecule has 0 radical (unpaired) electrons. The van der Waals surface area contributed by atoms with Crippen LogP contribution in [0.15, 0.2) is 29.3 Å². The normalized spacial score (nSPS) is 17.4. The smallest absolute Gasteiger partial charge is 0.188 e. The van der Waals surface area contributed by atoms with E-state index in [-0.39, 0.29) is 35.2 Å². The Labute approximate surface area is 155 Å². The Morgan fingerprint density at radius 3 is 2.74 bits per heavy atom. The van der Waals surface area contributed by atoms with Crippen LogP contribution in [0.4, 0.5) is 4.39 Å². The van der Waals surface area contributed by atoms with Gasteiger partial charge in [-0.3, -0.25) is 4.99 Å². The molecule has 0 bridgehead atoms. The highest BCUT2D eigenvalue weighted by Gasteiger charge is 2.34. The summed E-state index contributed by atoms with van der Waals surface area (Å²) >= 11 is 0. The minimum atomic E-state index is -0.183. The van der Waals surface area contributed by atoms with Crippen LogP contribution in [-0.4, -0.2) is 32.8 Å². The Balaban J connectivity index is 0.00000264. The third kappa shape index (κ3) is 5.91. The number of hydrogen-bond donors (Lipinski definition) is 2. The molecule has 6 heteroatoms. The molecule has 1 aliphatic carbocycles. The van der Waals surface area contributed by atoms with Gasteiger partial charge in [0.1, 0.15) is 5.82 Å². The third-order valence-corrected chi connectivity index (χ3v) is 4.41. The number of hydrogen-bond acceptors (Lipinski definition) is 2. The maximum absolute atomic E-state index is 13.6. The molecule has 1 aromatic carbocycles. The van der Waals surface area contributed by atoms with Gasteiger partial charge < -0.3 is 15.8 Å². The molecule has 4 nitrogen and oxygen atoms in total. The predicted octanol–water partition coefficient (Wildman–Crippen LogP) is 3.20. The Kier molecular flexibility index (Phi) is 8.83. The minimum Gasteiger partial charge on any atom is -0.383 e. The number of aliphatic imine (C=N–C) groups is 1. The van der Waals surface area contributed by atoms with E-state index in [1.165, 1.54) is 12.5 Å². The SMILES string of the molecule is COCCNC(N)=NCC1(c2cccc(F)c2)CCCCC1.I. The fourth-order valence-electron chi connectivity index (χ4n) is 3.16. The van der Waals surface area contributed by atoms with Gasteiger partial charge in [-0.05, 0) is 30.5 Å². The summed E-state index contributed by atoms with van der Waals surface area (Å²) < 4.78 is 18.6. The van der Waals surface area contributed by atoms with Gasteiger partial charge in [0.15, 0.2) is 5.96 Å². The molecule has 0 unspecified atom stereocenters. The monoisotopic (exact) mass is 435 g/mol. The van der Waals surface area contributed by atoms with Crippen LogP contribution >= 0.6 is 24.0 Å². The van der Waals surface area contributed by atoms with Crippen LogP contribution in [0.2, 0.25) is 0 Å². The number of nitrogens with one attached hydrogen (secondary N) is 1. The number of nitrogens with two attached hydrogens (primary N) is 1. The molecular formula is C17H27FIN3O. The van der Waals surface area contributed by atoms with Crippen LogP contribution in [-0.2, 0) is 10.2 Å². The fraction of sp³-hybridized carbons (Fsp3) is 0.588. The zero-order chi connectivity index (χ0) is 15.8. The Morgan fingerprint density at radius 2 is 2.09 bits per heavy atom. The summed E-state index contributed by atoms with van der Waals surface area (Å²) in [4.78, 5) is 4.50. The number of halogens is 2. The van der Waals surface area contributed by atoms with Gasteiger partial charge in [-0.25, -0.2) is 4.39 Å². The van der Waals surface area contributed by atoms with E-state index in [4.69, 9.17) is 10.5 Å². The van der Waals surface area contributed by atoms with E-state index in [1.54, 1.807) is 19.2 Å². The molecule has 23 heavy (non-hydrogen) atoms. The highest BCUT2D eigenvalue weighted by molar-refractivity contribution is 14.0. The van der Waals surface area contributed by atoms with Gasteiger partial charge in [0.25, 0.3) is 0 Å². The molecule has 0 aromatic heterocycles. The fourth-order valence-corrected chi connectivity index (χ4v) is 3.16. The number of guanidine groups is 1. The maximum Gasteiger partial charge on any atom is 0.188 e. The molecule has 1 fully saturated rings. The van der Waals surface area contributed by atoms with Crippen molar-refractivity contribution in [3.63, 3.8) is 0 Å². The van der Waals surface area contributed by atoms with E-state index in [2.05, 4.69) is 10.3 Å². The molecule has 3 N–H and O–H groups in total. The summed E-state index contributed by atoms with van der Waals surface area (Å²) in [6, 6.07) is 6.93. The van der Waals surface area contributed by atoms with Gasteiger partial charge >= 0.3 is 0 Å². The largest absolute Gasteiger partial charge is 0.383 e. The van der Waals surface area contributed by atoms with Gasteiger partial charge in [-0.15, -0.1) is 24.0 Å². The second-order valence-electron chi connectivity index (χ2n) is 5.97. The average molecular weight is 435 g/mol. The van der Waals surface area contributed by atoms with Crippen molar-refractivity contribution in [1.82, 2.24) is 5.32 Å². The lowest BCUT2D eigenvalue weighted by Crippen LogP contribution is -2.38. The Morgan fingerprint density at radius 1 is 1.35 bits per heavy atom. The summed E-state index contributed by atoms with van der Waals surface area (Å²) in [6.07, 6.45) is 5.62. The third-order valence-electron chi connectivity index (χ3n) is 4.41. The van der Waals surface area contributed by atoms with Crippen molar-refractivity contribution < 1.29 is 9.13 Å². The van der Waals surface area contributed by atoms with E-state index in [0.29, 0.717) is 25.7 Å². The van der Waals surface area contributed by atoms with Gasteiger partial charge in [0.2, 0.25) is 0 Å². The summed E-state index contributed by atoms with van der Waals surface area (Å²) in [5, 5.41) is 3.03. The second-order valence-corrected chi connectivity index (χ2v) is 5.97. The second kappa shape index (κ2) is 10.1. The van der Waals surface area contributed by atoms with Crippen molar-refractivity contribution in [2.24, 2.45) is 10.7 Å². The molecule has 1 aliphatic rings. The summed E-state index contributed by atoms with van der Waals surface area (Å²) in [6.45, 7) is 1.83. The molecule has 1 aromatic rings. The van der Waals surface area contributed by atoms with Crippen molar-refractivity contribution >= 4 is 29.9 Å². The first kappa shape index (κ1) is 20.2. The van der Waals surface area contributed by atoms with Crippen LogP contribution in [0, 0.1) is 5.82 Å². The first-order valence-electron chi connectivity index (χ1n) is 7.95. The molecular weight excluding hydrogens is 408 g/mol. The van der Waals surface area contributed by atoms with E-state index >= 15 is 0 Å². The Bertz CT molecular complexity index is 504. The molecule has 0 spiro atoms. The predicted molar refractivity (Wildman–Crippen MR) is 103 cm³/mol. The standard InChI is InChI=1S/C17H26FN3O.HI/c1-22-11-10-20-16(19)21-13-17(8-3-2-4-9-17)14-6-5-7-15(18)12-14;/h5-7,12H,2-4,8-11,13H2,1H3,(H3,19,20,21);1H. The van der Waals surface area contributed by atoms with Crippen LogP contribution in [0.5, 0.6) is 0 Å². The van der Waals surface area contributed by atoms with E-state index in [1.807, 2.05) is 6.07 Å². The van der Waals surface area contributed by atoms with E-state index in [0.717, 1.165) is 31.2 Å². The molecule has 0 amide bonds. The van der Waals surface area contributed by atoms with E-state index in [9.17, 15) is 4.39 Å². The van der Waals surface area contributed by atoms with Crippen LogP contribution < -0.4 is 11.1 Å². The van der Waals surface area contributed by atoms with Crippen molar-refractivity contribution in [1.29, 1.82) is 0 Å². The van der Waals surface area contributed by atoms with Crippen LogP contribution in [0.3, 0.4) is 0 Å². The van der Waals surface area contributed by atoms with Gasteiger partial charge in [-0.2, -0.15) is 0 Å². The highest BCUT2D eigenvalue weighted by Crippen LogP contribution is 2.39. The van der Waals surface area contributed by atoms with Crippen molar-refractivity contribution in [3.8, 4) is 0 Å². The number of benzene rings is 1. The number of methoxy groups -OCH3 is 1. The summed E-state index contributed by atoms with van der Waals surface area (Å²) in [5.74, 6) is 0.246. The lowest BCUT2D eigenvalue weighted by molar-refractivity contribution is 0.204. The lowest BCUT2D eigenvalue weighted by Gasteiger charge is -2.36. The zero-order valence-electron chi connectivity index (χ0n) is 13.7. The summed E-state index contributed by atoms with van der Waals surface area (Å²) in [5.41, 5.74) is 6.86. The molecule has 130 valence electrons. The summed E-state index contributed by atoms with van der Waals surface area (Å²) in [7, 11) is 1.65. The maximum atomic E-state index is 13.6. The first-order chi connectivity index (χ1) is 10.7. The molecule has 0 atom stereocenters. The first-order valence-corrected chi connectivity index (χ1v) is 7.95. The van der Waals surface area contributed by atoms with Crippen molar-refractivity contribution in [2.45, 2.75) is 37.5 Å². The molecule has 2 rings (SSSR count). The zero-order valence-corrected chi connectivity index (χ0v) is 16.0. The highest BCUT2D eigenvalue weighted by atomic mass is 127. The van der Waals surface area contributed by atoms with Crippen LogP contribution in [0.25, 0.3) is 0 Å². The number of ether oxygens (including phenoxy) is 1. The molecule has 0 saturated heterocycles. The minimum absolute atomic E-state index is 0. The van der Waals surface area contributed by atoms with Gasteiger partial charge in [0.05, 0.1) is 13.2 Å². The Hall–Kier alpha value is -0.890. The van der Waals surface area contributed by atoms with Crippen molar-refractivity contribution in [3.05, 3.63) is 35.6 Å². The number of nitrogens with zero attached hydrogens (tertiary/aromatic N) is 1. The van der Waals surface area contributed by atoms with Gasteiger partial charge in [0, 0.05) is 19.1 Å².